The quantitative estimate of drug-likeness (QED) is 0.800. The summed E-state index contributed by atoms with van der Waals surface area (Å²) in [6.45, 7) is 7.89. The van der Waals surface area contributed by atoms with Gasteiger partial charge in [0.1, 0.15) is 0 Å². The number of aryl methyl sites for hydroxylation is 2. The number of esters is 1. The average molecular weight is 268 g/mol. The number of carbonyl (C=O) groups is 1. The Morgan fingerprint density at radius 1 is 1.47 bits per heavy atom. The second-order valence-electron chi connectivity index (χ2n) is 5.03. The molecule has 0 aliphatic carbocycles. The zero-order chi connectivity index (χ0) is 14.6. The Morgan fingerprint density at radius 3 is 2.58 bits per heavy atom. The Morgan fingerprint density at radius 2 is 2.11 bits per heavy atom. The molecule has 108 valence electrons. The van der Waals surface area contributed by atoms with Gasteiger partial charge >= 0.3 is 5.97 Å². The van der Waals surface area contributed by atoms with E-state index in [9.17, 15) is 9.90 Å². The largest absolute Gasteiger partial charge is 0.466 e. The third kappa shape index (κ3) is 3.56. The van der Waals surface area contributed by atoms with Gasteiger partial charge in [-0.05, 0) is 19.3 Å². The summed E-state index contributed by atoms with van der Waals surface area (Å²) in [6.07, 6.45) is 1.63. The number of ether oxygens (including phenoxy) is 1. The second-order valence-corrected chi connectivity index (χ2v) is 5.03. The first-order chi connectivity index (χ1) is 8.92. The molecular weight excluding hydrogens is 244 g/mol. The lowest BCUT2D eigenvalue weighted by atomic mass is 9.86. The Hall–Kier alpha value is -1.36. The summed E-state index contributed by atoms with van der Waals surface area (Å²) in [5, 5.41) is 14.8. The fourth-order valence-electron chi connectivity index (χ4n) is 2.27. The van der Waals surface area contributed by atoms with Gasteiger partial charge in [-0.25, -0.2) is 0 Å². The highest BCUT2D eigenvalue weighted by Gasteiger charge is 2.34. The van der Waals surface area contributed by atoms with E-state index in [0.717, 1.165) is 17.7 Å². The van der Waals surface area contributed by atoms with Gasteiger partial charge in [0.25, 0.3) is 0 Å². The highest BCUT2D eigenvalue weighted by molar-refractivity contribution is 5.73. The minimum atomic E-state index is -0.873. The van der Waals surface area contributed by atoms with Crippen molar-refractivity contribution in [2.75, 3.05) is 6.61 Å². The number of carbonyl (C=O) groups excluding carboxylic acids is 1. The molecule has 0 saturated heterocycles. The van der Waals surface area contributed by atoms with Crippen molar-refractivity contribution in [2.45, 2.75) is 40.2 Å². The van der Waals surface area contributed by atoms with Gasteiger partial charge in [-0.3, -0.25) is 9.48 Å². The first kappa shape index (κ1) is 15.7. The predicted molar refractivity (Wildman–Crippen MR) is 72.5 cm³/mol. The van der Waals surface area contributed by atoms with Crippen LogP contribution in [0, 0.1) is 11.8 Å². The summed E-state index contributed by atoms with van der Waals surface area (Å²) in [6, 6.07) is 0. The van der Waals surface area contributed by atoms with Gasteiger partial charge in [-0.15, -0.1) is 0 Å². The van der Waals surface area contributed by atoms with Gasteiger partial charge in [-0.1, -0.05) is 20.8 Å². The van der Waals surface area contributed by atoms with Crippen LogP contribution >= 0.6 is 0 Å². The van der Waals surface area contributed by atoms with Crippen LogP contribution in [0.25, 0.3) is 0 Å². The van der Waals surface area contributed by atoms with E-state index < -0.39 is 12.0 Å². The van der Waals surface area contributed by atoms with E-state index >= 15 is 0 Å². The summed E-state index contributed by atoms with van der Waals surface area (Å²) >= 11 is 0. The number of nitrogens with zero attached hydrogens (tertiary/aromatic N) is 2. The summed E-state index contributed by atoms with van der Waals surface area (Å²) < 4.78 is 6.73. The number of hydrogen-bond acceptors (Lipinski definition) is 4. The fraction of sp³-hybridized carbons (Fsp3) is 0.714. The van der Waals surface area contributed by atoms with Crippen LogP contribution in [0.3, 0.4) is 0 Å². The minimum absolute atomic E-state index is 0.000961. The van der Waals surface area contributed by atoms with E-state index in [0.29, 0.717) is 6.61 Å². The van der Waals surface area contributed by atoms with E-state index in [1.807, 2.05) is 27.8 Å². The van der Waals surface area contributed by atoms with Gasteiger partial charge in [0.2, 0.25) is 0 Å². The van der Waals surface area contributed by atoms with Crippen LogP contribution in [-0.4, -0.2) is 27.5 Å². The number of aromatic nitrogens is 2. The Kier molecular flexibility index (Phi) is 5.54. The zero-order valence-electron chi connectivity index (χ0n) is 12.4. The molecule has 19 heavy (non-hydrogen) atoms. The van der Waals surface area contributed by atoms with Gasteiger partial charge in [0, 0.05) is 18.8 Å². The molecule has 1 aromatic heterocycles. The van der Waals surface area contributed by atoms with Crippen molar-refractivity contribution < 1.29 is 14.6 Å². The third-order valence-electron chi connectivity index (χ3n) is 3.21. The molecule has 0 spiro atoms. The SMILES string of the molecule is CCOC(=O)C(C(C)C)C(O)c1cn(C)nc1CC. The molecule has 0 aliphatic rings. The molecule has 2 unspecified atom stereocenters. The van der Waals surface area contributed by atoms with Crippen LogP contribution in [0.4, 0.5) is 0 Å². The van der Waals surface area contributed by atoms with Gasteiger partial charge < -0.3 is 9.84 Å². The molecule has 0 aliphatic heterocycles. The molecule has 5 nitrogen and oxygen atoms in total. The maximum absolute atomic E-state index is 12.0. The fourth-order valence-corrected chi connectivity index (χ4v) is 2.27. The van der Waals surface area contributed by atoms with E-state index in [-0.39, 0.29) is 11.9 Å². The minimum Gasteiger partial charge on any atom is -0.466 e. The van der Waals surface area contributed by atoms with Crippen molar-refractivity contribution in [1.29, 1.82) is 0 Å². The lowest BCUT2D eigenvalue weighted by Crippen LogP contribution is -2.29. The average Bonchev–Trinajstić information content (AvgIpc) is 2.70. The maximum Gasteiger partial charge on any atom is 0.312 e. The molecule has 0 aromatic carbocycles. The van der Waals surface area contributed by atoms with Gasteiger partial charge in [-0.2, -0.15) is 5.10 Å². The summed E-state index contributed by atoms with van der Waals surface area (Å²) in [7, 11) is 1.81. The third-order valence-corrected chi connectivity index (χ3v) is 3.21. The van der Waals surface area contributed by atoms with Crippen molar-refractivity contribution >= 4 is 5.97 Å². The lowest BCUT2D eigenvalue weighted by Gasteiger charge is -2.24. The lowest BCUT2D eigenvalue weighted by molar-refractivity contribution is -0.154. The monoisotopic (exact) mass is 268 g/mol. The molecule has 5 heteroatoms. The van der Waals surface area contributed by atoms with Crippen LogP contribution in [0.2, 0.25) is 0 Å². The van der Waals surface area contributed by atoms with Crippen LogP contribution < -0.4 is 0 Å². The standard InChI is InChI=1S/C14H24N2O3/c1-6-11-10(8-16(5)15-11)13(17)12(9(3)4)14(18)19-7-2/h8-9,12-13,17H,6-7H2,1-5H3. The van der Waals surface area contributed by atoms with Crippen LogP contribution in [-0.2, 0) is 23.0 Å². The van der Waals surface area contributed by atoms with Crippen molar-refractivity contribution in [3.8, 4) is 0 Å². The first-order valence-electron chi connectivity index (χ1n) is 6.79. The van der Waals surface area contributed by atoms with Crippen LogP contribution in [0.5, 0.6) is 0 Å². The summed E-state index contributed by atoms with van der Waals surface area (Å²) in [4.78, 5) is 12.0. The second kappa shape index (κ2) is 6.70. The van der Waals surface area contributed by atoms with E-state index in [1.54, 1.807) is 17.8 Å². The summed E-state index contributed by atoms with van der Waals surface area (Å²) in [5.74, 6) is -0.913. The van der Waals surface area contributed by atoms with Crippen molar-refractivity contribution in [3.05, 3.63) is 17.5 Å². The zero-order valence-corrected chi connectivity index (χ0v) is 12.4. The highest BCUT2D eigenvalue weighted by Crippen LogP contribution is 2.31. The molecule has 1 N–H and O–H groups in total. The number of aliphatic hydroxyl groups is 1. The van der Waals surface area contributed by atoms with Gasteiger partial charge in [0.15, 0.2) is 0 Å². The van der Waals surface area contributed by atoms with Crippen LogP contribution in [0.1, 0.15) is 45.1 Å². The molecule has 1 heterocycles. The van der Waals surface area contributed by atoms with E-state index in [4.69, 9.17) is 4.74 Å². The molecule has 2 atom stereocenters. The van der Waals surface area contributed by atoms with E-state index in [2.05, 4.69) is 5.10 Å². The smallest absolute Gasteiger partial charge is 0.312 e. The van der Waals surface area contributed by atoms with Gasteiger partial charge in [0.05, 0.1) is 24.3 Å². The van der Waals surface area contributed by atoms with Crippen molar-refractivity contribution in [1.82, 2.24) is 9.78 Å². The van der Waals surface area contributed by atoms with E-state index in [1.165, 1.54) is 0 Å². The molecule has 0 radical (unpaired) electrons. The Labute approximate surface area is 114 Å². The number of rotatable bonds is 6. The maximum atomic E-state index is 12.0. The normalized spacial score (nSPS) is 14.5. The molecule has 0 amide bonds. The van der Waals surface area contributed by atoms with Crippen LogP contribution in [0.15, 0.2) is 6.20 Å². The molecule has 1 rings (SSSR count). The highest BCUT2D eigenvalue weighted by atomic mass is 16.5. The molecule has 0 bridgehead atoms. The number of hydrogen-bond donors (Lipinski definition) is 1. The molecule has 1 aromatic rings. The first-order valence-corrected chi connectivity index (χ1v) is 6.79. The van der Waals surface area contributed by atoms with Crippen molar-refractivity contribution in [3.63, 3.8) is 0 Å². The topological polar surface area (TPSA) is 64.3 Å². The summed E-state index contributed by atoms with van der Waals surface area (Å²) in [5.41, 5.74) is 1.54. The predicted octanol–water partition coefficient (Wildman–Crippen LogP) is 1.85. The molecule has 0 saturated carbocycles. The molecular formula is C14H24N2O3. The Bertz CT molecular complexity index is 426. The molecule has 0 fully saturated rings. The number of aliphatic hydroxyl groups excluding tert-OH is 1. The Balaban J connectivity index is 3.05. The van der Waals surface area contributed by atoms with Crippen molar-refractivity contribution in [2.24, 2.45) is 18.9 Å².